The van der Waals surface area contributed by atoms with Crippen LogP contribution in [0.3, 0.4) is 0 Å². The van der Waals surface area contributed by atoms with Crippen molar-refractivity contribution >= 4 is 34.0 Å². The lowest BCUT2D eigenvalue weighted by Gasteiger charge is -2.32. The molecule has 0 aliphatic carbocycles. The number of fused-ring (bicyclic) bond motifs is 1. The molecule has 1 fully saturated rings. The molecule has 5 rings (SSSR count). The first kappa shape index (κ1) is 18.6. The Bertz CT molecular complexity index is 1180. The van der Waals surface area contributed by atoms with Gasteiger partial charge in [-0.05, 0) is 31.9 Å². The lowest BCUT2D eigenvalue weighted by atomic mass is 9.96. The first-order chi connectivity index (χ1) is 14.7. The van der Waals surface area contributed by atoms with Crippen LogP contribution in [0.1, 0.15) is 18.5 Å². The Labute approximate surface area is 176 Å². The van der Waals surface area contributed by atoms with Crippen LogP contribution in [0.25, 0.3) is 16.3 Å². The van der Waals surface area contributed by atoms with Gasteiger partial charge < -0.3 is 10.2 Å². The predicted octanol–water partition coefficient (Wildman–Crippen LogP) is 2.20. The average molecular weight is 421 g/mol. The third-order valence-electron chi connectivity index (χ3n) is 5.11. The molecule has 1 saturated heterocycles. The minimum absolute atomic E-state index is 0.0136. The molecule has 1 aliphatic heterocycles. The lowest BCUT2D eigenvalue weighted by molar-refractivity contribution is -0.120. The highest BCUT2D eigenvalue weighted by molar-refractivity contribution is 7.18. The monoisotopic (exact) mass is 421 g/mol. The van der Waals surface area contributed by atoms with Crippen LogP contribution in [-0.2, 0) is 4.79 Å². The van der Waals surface area contributed by atoms with E-state index in [4.69, 9.17) is 0 Å². The first-order valence-corrected chi connectivity index (χ1v) is 10.5. The minimum Gasteiger partial charge on any atom is -0.356 e. The first-order valence-electron chi connectivity index (χ1n) is 9.64. The van der Waals surface area contributed by atoms with Crippen LogP contribution in [0.4, 0.5) is 10.9 Å². The fraction of sp³-hybridized carbons (Fsp3) is 0.316. The van der Waals surface area contributed by atoms with Gasteiger partial charge in [-0.3, -0.25) is 9.78 Å². The lowest BCUT2D eigenvalue weighted by Crippen LogP contribution is -2.39. The average Bonchev–Trinajstić information content (AvgIpc) is 3.43. The van der Waals surface area contributed by atoms with Crippen LogP contribution in [0.15, 0.2) is 36.9 Å². The maximum absolute atomic E-state index is 12.7. The number of pyridine rings is 1. The largest absolute Gasteiger partial charge is 0.356 e. The van der Waals surface area contributed by atoms with Gasteiger partial charge in [0.15, 0.2) is 5.01 Å². The Morgan fingerprint density at radius 1 is 1.27 bits per heavy atom. The Kier molecular flexibility index (Phi) is 4.79. The Morgan fingerprint density at radius 3 is 2.93 bits per heavy atom. The molecule has 5 heterocycles. The molecule has 0 saturated carbocycles. The van der Waals surface area contributed by atoms with Crippen molar-refractivity contribution in [3.8, 4) is 10.6 Å². The number of hydrogen-bond acceptors (Lipinski definition) is 9. The smallest absolute Gasteiger partial charge is 0.254 e. The number of carbonyl (C=O) groups is 1. The number of anilines is 2. The number of rotatable bonds is 4. The fourth-order valence-corrected chi connectivity index (χ4v) is 4.33. The summed E-state index contributed by atoms with van der Waals surface area (Å²) < 4.78 is 1.74. The number of aromatic nitrogens is 7. The number of carbonyl (C=O) groups excluding carboxylic acids is 1. The molecule has 0 unspecified atom stereocenters. The summed E-state index contributed by atoms with van der Waals surface area (Å²) in [7, 11) is 0. The zero-order valence-electron chi connectivity index (χ0n) is 16.3. The standard InChI is InChI=1S/C19H19N9OS/c1-12-9-15(28-18(23-12)21-11-22-28)27-7-4-13(5-8-27)16(29)24-19-26-25-17(30-19)14-3-2-6-20-10-14/h2-3,6,9-11,13H,4-5,7-8H2,1H3,(H,24,26,29). The van der Waals surface area contributed by atoms with E-state index in [-0.39, 0.29) is 11.8 Å². The maximum Gasteiger partial charge on any atom is 0.254 e. The summed E-state index contributed by atoms with van der Waals surface area (Å²) in [6.45, 7) is 3.46. The Hall–Kier alpha value is -3.47. The van der Waals surface area contributed by atoms with E-state index in [0.717, 1.165) is 48.0 Å². The van der Waals surface area contributed by atoms with Crippen LogP contribution in [0, 0.1) is 12.8 Å². The second-order valence-electron chi connectivity index (χ2n) is 7.13. The Balaban J connectivity index is 1.23. The molecule has 152 valence electrons. The van der Waals surface area contributed by atoms with E-state index in [0.29, 0.717) is 10.9 Å². The Morgan fingerprint density at radius 2 is 2.13 bits per heavy atom. The van der Waals surface area contributed by atoms with E-state index >= 15 is 0 Å². The number of nitrogens with zero attached hydrogens (tertiary/aromatic N) is 8. The van der Waals surface area contributed by atoms with Crippen molar-refractivity contribution in [3.05, 3.63) is 42.6 Å². The summed E-state index contributed by atoms with van der Waals surface area (Å²) >= 11 is 1.35. The summed E-state index contributed by atoms with van der Waals surface area (Å²) in [5.41, 5.74) is 1.78. The van der Waals surface area contributed by atoms with E-state index in [9.17, 15) is 4.79 Å². The summed E-state index contributed by atoms with van der Waals surface area (Å²) in [5, 5.41) is 16.7. The molecule has 0 radical (unpaired) electrons. The van der Waals surface area contributed by atoms with Gasteiger partial charge in [0, 0.05) is 48.7 Å². The molecule has 0 spiro atoms. The quantitative estimate of drug-likeness (QED) is 0.533. The van der Waals surface area contributed by atoms with Crippen LogP contribution in [0.2, 0.25) is 0 Å². The van der Waals surface area contributed by atoms with E-state index in [1.807, 2.05) is 25.1 Å². The van der Waals surface area contributed by atoms with Crippen molar-refractivity contribution in [1.82, 2.24) is 34.8 Å². The van der Waals surface area contributed by atoms with E-state index in [1.165, 1.54) is 17.7 Å². The van der Waals surface area contributed by atoms with Crippen molar-refractivity contribution < 1.29 is 4.79 Å². The molecule has 0 aromatic carbocycles. The number of amides is 1. The minimum atomic E-state index is -0.0684. The van der Waals surface area contributed by atoms with Crippen LogP contribution in [-0.4, -0.2) is 53.8 Å². The molecule has 0 atom stereocenters. The van der Waals surface area contributed by atoms with Crippen molar-refractivity contribution in [1.29, 1.82) is 0 Å². The SMILES string of the molecule is Cc1cc(N2CCC(C(=O)Nc3nnc(-c4cccnc4)s3)CC2)n2ncnc2n1. The summed E-state index contributed by atoms with van der Waals surface area (Å²) in [6, 6.07) is 5.77. The molecular weight excluding hydrogens is 402 g/mol. The molecule has 1 amide bonds. The number of hydrogen-bond donors (Lipinski definition) is 1. The molecular formula is C19H19N9OS. The van der Waals surface area contributed by atoms with Gasteiger partial charge in [-0.25, -0.2) is 4.98 Å². The second kappa shape index (κ2) is 7.75. The van der Waals surface area contributed by atoms with Gasteiger partial charge in [0.25, 0.3) is 5.78 Å². The van der Waals surface area contributed by atoms with Gasteiger partial charge in [0.1, 0.15) is 12.1 Å². The van der Waals surface area contributed by atoms with E-state index < -0.39 is 0 Å². The van der Waals surface area contributed by atoms with Crippen molar-refractivity contribution in [2.24, 2.45) is 5.92 Å². The highest BCUT2D eigenvalue weighted by atomic mass is 32.1. The number of aryl methyl sites for hydroxylation is 1. The van der Waals surface area contributed by atoms with Crippen LogP contribution in [0.5, 0.6) is 0 Å². The van der Waals surface area contributed by atoms with Gasteiger partial charge >= 0.3 is 0 Å². The fourth-order valence-electron chi connectivity index (χ4n) is 3.59. The molecule has 10 nitrogen and oxygen atoms in total. The molecule has 11 heteroatoms. The van der Waals surface area contributed by atoms with Gasteiger partial charge in [-0.15, -0.1) is 10.2 Å². The zero-order chi connectivity index (χ0) is 20.5. The van der Waals surface area contributed by atoms with Crippen molar-refractivity contribution in [3.63, 3.8) is 0 Å². The van der Waals surface area contributed by atoms with Crippen LogP contribution < -0.4 is 10.2 Å². The molecule has 1 N–H and O–H groups in total. The normalized spacial score (nSPS) is 14.9. The summed E-state index contributed by atoms with van der Waals surface area (Å²) in [6.07, 6.45) is 6.44. The molecule has 0 bridgehead atoms. The van der Waals surface area contributed by atoms with E-state index in [2.05, 4.69) is 40.5 Å². The third-order valence-corrected chi connectivity index (χ3v) is 6.00. The molecule has 30 heavy (non-hydrogen) atoms. The third kappa shape index (κ3) is 3.59. The number of piperidine rings is 1. The van der Waals surface area contributed by atoms with Gasteiger partial charge in [-0.2, -0.15) is 14.6 Å². The van der Waals surface area contributed by atoms with Crippen LogP contribution >= 0.6 is 11.3 Å². The van der Waals surface area contributed by atoms with Crippen molar-refractivity contribution in [2.75, 3.05) is 23.3 Å². The topological polar surface area (TPSA) is 114 Å². The van der Waals surface area contributed by atoms with Crippen molar-refractivity contribution in [2.45, 2.75) is 19.8 Å². The maximum atomic E-state index is 12.7. The van der Waals surface area contributed by atoms with Gasteiger partial charge in [0.05, 0.1) is 0 Å². The van der Waals surface area contributed by atoms with Gasteiger partial charge in [-0.1, -0.05) is 11.3 Å². The predicted molar refractivity (Wildman–Crippen MR) is 112 cm³/mol. The summed E-state index contributed by atoms with van der Waals surface area (Å²) in [5.74, 6) is 1.46. The number of nitrogens with one attached hydrogen (secondary N) is 1. The molecule has 4 aromatic rings. The highest BCUT2D eigenvalue weighted by Gasteiger charge is 2.27. The summed E-state index contributed by atoms with van der Waals surface area (Å²) in [4.78, 5) is 27.6. The highest BCUT2D eigenvalue weighted by Crippen LogP contribution is 2.28. The molecule has 4 aromatic heterocycles. The van der Waals surface area contributed by atoms with Gasteiger partial charge in [0.2, 0.25) is 11.0 Å². The second-order valence-corrected chi connectivity index (χ2v) is 8.11. The van der Waals surface area contributed by atoms with E-state index in [1.54, 1.807) is 16.9 Å². The zero-order valence-corrected chi connectivity index (χ0v) is 17.1. The molecule has 1 aliphatic rings.